The molecule has 0 bridgehead atoms. The molecule has 11 rings (SSSR count). The molecule has 0 amide bonds. The maximum Gasteiger partial charge on any atom is 0.165 e. The molecule has 0 unspecified atom stereocenters. The second kappa shape index (κ2) is 10.4. The first-order chi connectivity index (χ1) is 24.8. The normalized spacial score (nSPS) is 12.0. The van der Waals surface area contributed by atoms with Crippen LogP contribution in [0.25, 0.3) is 105 Å². The first-order valence-corrected chi connectivity index (χ1v) is 16.9. The van der Waals surface area contributed by atoms with E-state index in [2.05, 4.69) is 156 Å². The quantitative estimate of drug-likeness (QED) is 0.194. The summed E-state index contributed by atoms with van der Waals surface area (Å²) in [5.74, 6) is 1.47. The molecule has 232 valence electrons. The van der Waals surface area contributed by atoms with Gasteiger partial charge in [0.15, 0.2) is 5.82 Å². The van der Waals surface area contributed by atoms with Crippen molar-refractivity contribution in [3.05, 3.63) is 164 Å². The van der Waals surface area contributed by atoms with Crippen LogP contribution in [0.2, 0.25) is 0 Å². The Morgan fingerprint density at radius 1 is 0.420 bits per heavy atom. The van der Waals surface area contributed by atoms with E-state index in [1.165, 1.54) is 26.9 Å². The summed E-state index contributed by atoms with van der Waals surface area (Å²) >= 11 is 0. The summed E-state index contributed by atoms with van der Waals surface area (Å²) in [5.41, 5.74) is 7.79. The summed E-state index contributed by atoms with van der Waals surface area (Å²) in [6.45, 7) is 0. The number of hydrogen-bond acceptors (Lipinski definition) is 3. The molecule has 50 heavy (non-hydrogen) atoms. The van der Waals surface area contributed by atoms with Gasteiger partial charge in [0, 0.05) is 32.5 Å². The molecule has 4 heteroatoms. The van der Waals surface area contributed by atoms with Crippen LogP contribution in [-0.4, -0.2) is 14.5 Å². The SMILES string of the molecule is c1ccc(-c2cc3ccccc3c3c2oc2c(-c4nc(-n5c6ccccc6c6cc7ccccc7cc65)c5ccccc5n4)cccc23)cc1. The highest BCUT2D eigenvalue weighted by Crippen LogP contribution is 2.44. The lowest BCUT2D eigenvalue weighted by atomic mass is 9.96. The van der Waals surface area contributed by atoms with Crippen LogP contribution >= 0.6 is 0 Å². The van der Waals surface area contributed by atoms with Crippen LogP contribution in [0, 0.1) is 0 Å². The van der Waals surface area contributed by atoms with Crippen molar-refractivity contribution in [1.82, 2.24) is 14.5 Å². The van der Waals surface area contributed by atoms with Crippen LogP contribution in [-0.2, 0) is 0 Å². The molecule has 8 aromatic carbocycles. The maximum atomic E-state index is 6.98. The smallest absolute Gasteiger partial charge is 0.165 e. The number of nitrogens with zero attached hydrogens (tertiary/aromatic N) is 3. The molecule has 0 aliphatic rings. The lowest BCUT2D eigenvalue weighted by Gasteiger charge is -2.13. The number of aromatic nitrogens is 3. The van der Waals surface area contributed by atoms with Gasteiger partial charge in [0.25, 0.3) is 0 Å². The van der Waals surface area contributed by atoms with Crippen molar-refractivity contribution < 1.29 is 4.42 Å². The molecule has 0 atom stereocenters. The van der Waals surface area contributed by atoms with Gasteiger partial charge in [-0.1, -0.05) is 121 Å². The van der Waals surface area contributed by atoms with Gasteiger partial charge in [-0.05, 0) is 69.6 Å². The Bertz CT molecular complexity index is 3150. The molecule has 4 nitrogen and oxygen atoms in total. The van der Waals surface area contributed by atoms with Crippen molar-refractivity contribution in [2.75, 3.05) is 0 Å². The zero-order valence-electron chi connectivity index (χ0n) is 26.8. The van der Waals surface area contributed by atoms with Gasteiger partial charge in [0.2, 0.25) is 0 Å². The maximum absolute atomic E-state index is 6.98. The molecule has 0 saturated heterocycles. The zero-order chi connectivity index (χ0) is 32.8. The van der Waals surface area contributed by atoms with Gasteiger partial charge in [0.05, 0.1) is 22.1 Å². The molecular formula is C46H27N3O. The van der Waals surface area contributed by atoms with Crippen LogP contribution in [0.15, 0.2) is 168 Å². The van der Waals surface area contributed by atoms with Crippen LogP contribution < -0.4 is 0 Å². The zero-order valence-corrected chi connectivity index (χ0v) is 26.8. The van der Waals surface area contributed by atoms with Crippen molar-refractivity contribution in [3.8, 4) is 28.3 Å². The number of benzene rings is 8. The second-order valence-electron chi connectivity index (χ2n) is 13.0. The summed E-state index contributed by atoms with van der Waals surface area (Å²) in [7, 11) is 0. The predicted octanol–water partition coefficient (Wildman–Crippen LogP) is 12.3. The van der Waals surface area contributed by atoms with Crippen molar-refractivity contribution >= 4 is 76.2 Å². The second-order valence-corrected chi connectivity index (χ2v) is 13.0. The van der Waals surface area contributed by atoms with E-state index < -0.39 is 0 Å². The largest absolute Gasteiger partial charge is 0.455 e. The lowest BCUT2D eigenvalue weighted by Crippen LogP contribution is -2.02. The standard InChI is InChI=1S/C46H27N3O/c1-2-13-28(14-3-1)37-26-31-17-6-7-18-32(31)42-35-21-12-22-36(43(35)50-44(37)42)45-47-39-23-10-8-20-34(39)46(48-45)49-40-24-11-9-19-33(40)38-25-29-15-4-5-16-30(29)27-41(38)49/h1-27H. The van der Waals surface area contributed by atoms with E-state index >= 15 is 0 Å². The van der Waals surface area contributed by atoms with E-state index in [0.717, 1.165) is 71.8 Å². The molecule has 11 aromatic rings. The number of rotatable bonds is 3. The van der Waals surface area contributed by atoms with Gasteiger partial charge in [-0.25, -0.2) is 9.97 Å². The van der Waals surface area contributed by atoms with Gasteiger partial charge < -0.3 is 4.42 Å². The molecule has 0 spiro atoms. The Kier molecular flexibility index (Phi) is 5.63. The summed E-state index contributed by atoms with van der Waals surface area (Å²) < 4.78 is 9.29. The monoisotopic (exact) mass is 637 g/mol. The minimum atomic E-state index is 0.626. The highest BCUT2D eigenvalue weighted by molar-refractivity contribution is 6.24. The van der Waals surface area contributed by atoms with Crippen LogP contribution in [0.4, 0.5) is 0 Å². The Balaban J connectivity index is 1.24. The molecule has 3 heterocycles. The van der Waals surface area contributed by atoms with Crippen LogP contribution in [0.3, 0.4) is 0 Å². The Morgan fingerprint density at radius 3 is 1.96 bits per heavy atom. The molecule has 0 N–H and O–H groups in total. The Morgan fingerprint density at radius 2 is 1.10 bits per heavy atom. The number of furan rings is 1. The highest BCUT2D eigenvalue weighted by Gasteiger charge is 2.22. The van der Waals surface area contributed by atoms with E-state index in [1.54, 1.807) is 0 Å². The molecule has 3 aromatic heterocycles. The number of para-hydroxylation sites is 3. The summed E-state index contributed by atoms with van der Waals surface area (Å²) in [6.07, 6.45) is 0. The lowest BCUT2D eigenvalue weighted by molar-refractivity contribution is 0.671. The van der Waals surface area contributed by atoms with Crippen molar-refractivity contribution in [3.63, 3.8) is 0 Å². The molecule has 0 radical (unpaired) electrons. The van der Waals surface area contributed by atoms with Gasteiger partial charge in [0.1, 0.15) is 17.0 Å². The Hall–Kier alpha value is -6.78. The van der Waals surface area contributed by atoms with Crippen molar-refractivity contribution in [1.29, 1.82) is 0 Å². The molecule has 0 fully saturated rings. The third-order valence-corrected chi connectivity index (χ3v) is 10.2. The topological polar surface area (TPSA) is 43.9 Å². The summed E-state index contributed by atoms with van der Waals surface area (Å²) in [4.78, 5) is 10.7. The van der Waals surface area contributed by atoms with Crippen molar-refractivity contribution in [2.24, 2.45) is 0 Å². The number of hydrogen-bond donors (Lipinski definition) is 0. The molecular weight excluding hydrogens is 611 g/mol. The fourth-order valence-corrected chi connectivity index (χ4v) is 7.89. The van der Waals surface area contributed by atoms with Crippen molar-refractivity contribution in [2.45, 2.75) is 0 Å². The fraction of sp³-hybridized carbons (Fsp3) is 0. The third-order valence-electron chi connectivity index (χ3n) is 10.2. The predicted molar refractivity (Wildman–Crippen MR) is 207 cm³/mol. The third kappa shape index (κ3) is 3.87. The number of fused-ring (bicyclic) bond motifs is 10. The minimum absolute atomic E-state index is 0.626. The minimum Gasteiger partial charge on any atom is -0.455 e. The van der Waals surface area contributed by atoms with Crippen LogP contribution in [0.5, 0.6) is 0 Å². The van der Waals surface area contributed by atoms with E-state index in [0.29, 0.717) is 5.82 Å². The van der Waals surface area contributed by atoms with E-state index in [1.807, 2.05) is 12.1 Å². The van der Waals surface area contributed by atoms with Gasteiger partial charge in [-0.2, -0.15) is 0 Å². The molecule has 0 aliphatic carbocycles. The summed E-state index contributed by atoms with van der Waals surface area (Å²) in [6, 6.07) is 57.7. The van der Waals surface area contributed by atoms with Gasteiger partial charge in [-0.3, -0.25) is 4.57 Å². The van der Waals surface area contributed by atoms with E-state index in [-0.39, 0.29) is 0 Å². The first kappa shape index (κ1) is 27.2. The highest BCUT2D eigenvalue weighted by atomic mass is 16.3. The molecule has 0 saturated carbocycles. The van der Waals surface area contributed by atoms with E-state index in [9.17, 15) is 0 Å². The summed E-state index contributed by atoms with van der Waals surface area (Å²) in [5, 5.41) is 10.3. The fourth-order valence-electron chi connectivity index (χ4n) is 7.89. The van der Waals surface area contributed by atoms with Gasteiger partial charge in [-0.15, -0.1) is 0 Å². The van der Waals surface area contributed by atoms with Gasteiger partial charge >= 0.3 is 0 Å². The average Bonchev–Trinajstić information content (AvgIpc) is 3.73. The Labute approximate surface area is 286 Å². The first-order valence-electron chi connectivity index (χ1n) is 16.9. The van der Waals surface area contributed by atoms with Crippen LogP contribution in [0.1, 0.15) is 0 Å². The van der Waals surface area contributed by atoms with E-state index in [4.69, 9.17) is 14.4 Å². The average molecular weight is 638 g/mol. The molecule has 0 aliphatic heterocycles.